The van der Waals surface area contributed by atoms with Gasteiger partial charge in [0, 0.05) is 30.7 Å². The van der Waals surface area contributed by atoms with Gasteiger partial charge < -0.3 is 10.6 Å². The molecule has 0 bridgehead atoms. The molecule has 1 rings (SSSR count). The Morgan fingerprint density at radius 1 is 1.47 bits per heavy atom. The lowest BCUT2D eigenvalue weighted by molar-refractivity contribution is 0.0985. The highest BCUT2D eigenvalue weighted by molar-refractivity contribution is 9.10. The Bertz CT molecular complexity index is 364. The molecule has 0 atom stereocenters. The number of hydrogen-bond acceptors (Lipinski definition) is 3. The highest BCUT2D eigenvalue weighted by Crippen LogP contribution is 2.27. The summed E-state index contributed by atoms with van der Waals surface area (Å²) >= 11 is 3.40. The van der Waals surface area contributed by atoms with E-state index in [1.165, 1.54) is 0 Å². The van der Waals surface area contributed by atoms with Gasteiger partial charge in [0.2, 0.25) is 0 Å². The molecule has 0 heterocycles. The average Bonchev–Trinajstić information content (AvgIpc) is 2.17. The number of anilines is 1. The third kappa shape index (κ3) is 2.79. The highest BCUT2D eigenvalue weighted by atomic mass is 79.9. The molecule has 0 saturated carbocycles. The fourth-order valence-corrected chi connectivity index (χ4v) is 1.99. The number of ketones is 1. The summed E-state index contributed by atoms with van der Waals surface area (Å²) in [6.45, 7) is 0.382. The van der Waals surface area contributed by atoms with Gasteiger partial charge in [-0.15, -0.1) is 0 Å². The summed E-state index contributed by atoms with van der Waals surface area (Å²) in [4.78, 5) is 13.8. The van der Waals surface area contributed by atoms with Crippen LogP contribution < -0.4 is 10.6 Å². The van der Waals surface area contributed by atoms with Crippen molar-refractivity contribution in [1.29, 1.82) is 0 Å². The quantitative estimate of drug-likeness (QED) is 0.852. The van der Waals surface area contributed by atoms with E-state index in [4.69, 9.17) is 5.73 Å². The maximum atomic E-state index is 11.9. The normalized spacial score (nSPS) is 10.1. The molecule has 1 aromatic carbocycles. The largest absolute Gasteiger partial charge is 0.377 e. The number of carbonyl (C=O) groups is 1. The summed E-state index contributed by atoms with van der Waals surface area (Å²) in [6, 6.07) is 5.71. The first kappa shape index (κ1) is 12.2. The van der Waals surface area contributed by atoms with Crippen molar-refractivity contribution in [2.45, 2.75) is 6.42 Å². The van der Waals surface area contributed by atoms with Crippen LogP contribution in [0.1, 0.15) is 16.8 Å². The Kier molecular flexibility index (Phi) is 4.29. The summed E-state index contributed by atoms with van der Waals surface area (Å²) in [5.41, 5.74) is 7.03. The second-order valence-electron chi connectivity index (χ2n) is 3.49. The van der Waals surface area contributed by atoms with Gasteiger partial charge in [0.15, 0.2) is 5.78 Å². The van der Waals surface area contributed by atoms with Crippen molar-refractivity contribution >= 4 is 27.4 Å². The van der Waals surface area contributed by atoms with Gasteiger partial charge >= 0.3 is 0 Å². The molecule has 2 N–H and O–H groups in total. The molecule has 3 nitrogen and oxygen atoms in total. The van der Waals surface area contributed by atoms with E-state index in [0.29, 0.717) is 18.5 Å². The third-order valence-electron chi connectivity index (χ3n) is 2.12. The maximum absolute atomic E-state index is 11.9. The van der Waals surface area contributed by atoms with Gasteiger partial charge in [-0.1, -0.05) is 6.07 Å². The van der Waals surface area contributed by atoms with Crippen molar-refractivity contribution in [2.24, 2.45) is 5.73 Å². The topological polar surface area (TPSA) is 46.3 Å². The van der Waals surface area contributed by atoms with Crippen LogP contribution in [0.3, 0.4) is 0 Å². The minimum atomic E-state index is 0.0775. The fourth-order valence-electron chi connectivity index (χ4n) is 1.42. The number of hydrogen-bond donors (Lipinski definition) is 1. The molecule has 0 fully saturated rings. The van der Waals surface area contributed by atoms with Gasteiger partial charge in [-0.2, -0.15) is 0 Å². The first-order chi connectivity index (χ1) is 7.07. The monoisotopic (exact) mass is 270 g/mol. The van der Waals surface area contributed by atoms with Crippen molar-refractivity contribution in [3.8, 4) is 0 Å². The first-order valence-electron chi connectivity index (χ1n) is 4.77. The van der Waals surface area contributed by atoms with Crippen LogP contribution in [-0.4, -0.2) is 26.4 Å². The molecule has 0 unspecified atom stereocenters. The smallest absolute Gasteiger partial charge is 0.167 e. The number of rotatable bonds is 4. The summed E-state index contributed by atoms with van der Waals surface area (Å²) in [7, 11) is 3.84. The zero-order chi connectivity index (χ0) is 11.4. The Hall–Kier alpha value is -0.870. The molecule has 0 aromatic heterocycles. The van der Waals surface area contributed by atoms with Crippen LogP contribution in [-0.2, 0) is 0 Å². The van der Waals surface area contributed by atoms with Gasteiger partial charge in [-0.25, -0.2) is 0 Å². The van der Waals surface area contributed by atoms with Gasteiger partial charge in [0.05, 0.1) is 5.56 Å². The van der Waals surface area contributed by atoms with E-state index in [2.05, 4.69) is 15.9 Å². The molecule has 1 aromatic rings. The lowest BCUT2D eigenvalue weighted by atomic mass is 10.1. The number of halogens is 1. The summed E-state index contributed by atoms with van der Waals surface area (Å²) in [6.07, 6.45) is 0.378. The minimum absolute atomic E-state index is 0.0775. The summed E-state index contributed by atoms with van der Waals surface area (Å²) < 4.78 is 0.826. The predicted molar refractivity (Wildman–Crippen MR) is 66.5 cm³/mol. The zero-order valence-electron chi connectivity index (χ0n) is 8.96. The first-order valence-corrected chi connectivity index (χ1v) is 5.56. The van der Waals surface area contributed by atoms with Gasteiger partial charge in [0.25, 0.3) is 0 Å². The van der Waals surface area contributed by atoms with Crippen LogP contribution in [0.2, 0.25) is 0 Å². The Labute approximate surface area is 98.4 Å². The van der Waals surface area contributed by atoms with Crippen molar-refractivity contribution in [1.82, 2.24) is 0 Å². The molecule has 4 heteroatoms. The number of nitrogens with two attached hydrogens (primary N) is 1. The molecule has 0 spiro atoms. The molecule has 15 heavy (non-hydrogen) atoms. The van der Waals surface area contributed by atoms with E-state index in [9.17, 15) is 4.79 Å². The van der Waals surface area contributed by atoms with E-state index in [1.54, 1.807) is 0 Å². The maximum Gasteiger partial charge on any atom is 0.167 e. The third-order valence-corrected chi connectivity index (χ3v) is 2.78. The summed E-state index contributed by atoms with van der Waals surface area (Å²) in [5.74, 6) is 0.0775. The molecule has 82 valence electrons. The Morgan fingerprint density at radius 2 is 2.13 bits per heavy atom. The number of benzene rings is 1. The van der Waals surface area contributed by atoms with E-state index < -0.39 is 0 Å². The molecule has 0 aliphatic carbocycles. The van der Waals surface area contributed by atoms with E-state index in [0.717, 1.165) is 10.2 Å². The number of Topliss-reactive ketones (excluding diaryl/α,β-unsaturated/α-hetero) is 1. The summed E-state index contributed by atoms with van der Waals surface area (Å²) in [5, 5.41) is 0. The zero-order valence-corrected chi connectivity index (χ0v) is 10.5. The van der Waals surface area contributed by atoms with Crippen LogP contribution in [0, 0.1) is 0 Å². The number of carbonyl (C=O) groups excluding carboxylic acids is 1. The molecule has 0 radical (unpaired) electrons. The van der Waals surface area contributed by atoms with Crippen LogP contribution >= 0.6 is 15.9 Å². The van der Waals surface area contributed by atoms with Crippen molar-refractivity contribution in [3.05, 3.63) is 28.2 Å². The van der Waals surface area contributed by atoms with Crippen LogP contribution in [0.25, 0.3) is 0 Å². The van der Waals surface area contributed by atoms with Crippen molar-refractivity contribution in [2.75, 3.05) is 25.5 Å². The van der Waals surface area contributed by atoms with Crippen LogP contribution in [0.5, 0.6) is 0 Å². The second-order valence-corrected chi connectivity index (χ2v) is 4.34. The lowest BCUT2D eigenvalue weighted by Crippen LogP contribution is -2.16. The second kappa shape index (κ2) is 5.28. The van der Waals surface area contributed by atoms with E-state index >= 15 is 0 Å². The molecule has 0 aliphatic heterocycles. The average molecular weight is 271 g/mol. The van der Waals surface area contributed by atoms with Crippen molar-refractivity contribution in [3.63, 3.8) is 0 Å². The minimum Gasteiger partial charge on any atom is -0.377 e. The lowest BCUT2D eigenvalue weighted by Gasteiger charge is -2.17. The molecule has 0 aliphatic rings. The molecular weight excluding hydrogens is 256 g/mol. The van der Waals surface area contributed by atoms with Crippen LogP contribution in [0.15, 0.2) is 22.7 Å². The van der Waals surface area contributed by atoms with Gasteiger partial charge in [0.1, 0.15) is 0 Å². The van der Waals surface area contributed by atoms with E-state index in [-0.39, 0.29) is 5.78 Å². The Morgan fingerprint density at radius 3 is 2.67 bits per heavy atom. The van der Waals surface area contributed by atoms with Crippen LogP contribution in [0.4, 0.5) is 5.69 Å². The molecule has 0 amide bonds. The predicted octanol–water partition coefficient (Wildman–Crippen LogP) is 2.05. The standard InChI is InChI=1S/C11H15BrN2O/c1-14(2)9-5-3-4-8(12)11(9)10(15)6-7-13/h3-5H,6-7,13H2,1-2H3. The van der Waals surface area contributed by atoms with E-state index in [1.807, 2.05) is 37.2 Å². The number of nitrogens with zero attached hydrogens (tertiary/aromatic N) is 1. The highest BCUT2D eigenvalue weighted by Gasteiger charge is 2.15. The van der Waals surface area contributed by atoms with Crippen molar-refractivity contribution < 1.29 is 4.79 Å². The SMILES string of the molecule is CN(C)c1cccc(Br)c1C(=O)CCN. The fraction of sp³-hybridized carbons (Fsp3) is 0.364. The Balaban J connectivity index is 3.18. The van der Waals surface area contributed by atoms with Gasteiger partial charge in [-0.05, 0) is 34.6 Å². The van der Waals surface area contributed by atoms with Gasteiger partial charge in [-0.3, -0.25) is 4.79 Å². The molecule has 0 saturated heterocycles. The molecular formula is C11H15BrN2O.